The number of amides is 1. The molecule has 3 aliphatic rings. The fourth-order valence-corrected chi connectivity index (χ4v) is 10.0. The molecule has 2 aliphatic heterocycles. The lowest BCUT2D eigenvalue weighted by molar-refractivity contribution is -0.121. The minimum Gasteiger partial charge on any atom is -0.461 e. The highest BCUT2D eigenvalue weighted by atomic mass is 35.5. The third-order valence-corrected chi connectivity index (χ3v) is 13.9. The SMILES string of the molecule is Cc1sc2c(c1C)C(c1ccc(Cl)cc1)=N[C@@H](CC(=O)NCCCCCN1CCC(c3ccc(-c4nc5nc(OC6CCC6)[nH]c5cc4Cl)cc3)CC1)c1nnc(C)n1-2. The molecule has 9 rings (SSSR count). The predicted octanol–water partition coefficient (Wildman–Crippen LogP) is 9.88. The van der Waals surface area contributed by atoms with Crippen molar-refractivity contribution in [2.75, 3.05) is 26.2 Å². The number of fused-ring (bicyclic) bond motifs is 4. The molecule has 1 atom stereocenters. The van der Waals surface area contributed by atoms with E-state index in [1.54, 1.807) is 11.3 Å². The maximum atomic E-state index is 13.4. The summed E-state index contributed by atoms with van der Waals surface area (Å²) in [5.41, 5.74) is 8.55. The van der Waals surface area contributed by atoms with E-state index in [9.17, 15) is 4.79 Å². The summed E-state index contributed by atoms with van der Waals surface area (Å²) in [6.07, 6.45) is 9.17. The molecule has 0 spiro atoms. The molecule has 0 bridgehead atoms. The number of carbonyl (C=O) groups excluding carboxylic acids is 1. The van der Waals surface area contributed by atoms with Gasteiger partial charge in [-0.2, -0.15) is 4.98 Å². The van der Waals surface area contributed by atoms with E-state index in [-0.39, 0.29) is 18.4 Å². The quantitative estimate of drug-likeness (QED) is 0.111. The van der Waals surface area contributed by atoms with E-state index in [0.717, 1.165) is 109 Å². The van der Waals surface area contributed by atoms with Crippen LogP contribution in [0.3, 0.4) is 0 Å². The number of carbonyl (C=O) groups is 1. The van der Waals surface area contributed by atoms with Gasteiger partial charge in [-0.3, -0.25) is 14.4 Å². The molecular formula is C45H49Cl2N9O2S. The van der Waals surface area contributed by atoms with Gasteiger partial charge in [0.2, 0.25) is 5.91 Å². The number of aryl methyl sites for hydroxylation is 2. The number of halogens is 2. The van der Waals surface area contributed by atoms with E-state index in [1.165, 1.54) is 22.4 Å². The van der Waals surface area contributed by atoms with Gasteiger partial charge in [0.15, 0.2) is 11.5 Å². The van der Waals surface area contributed by atoms with Crippen molar-refractivity contribution in [2.24, 2.45) is 4.99 Å². The Morgan fingerprint density at radius 2 is 1.69 bits per heavy atom. The van der Waals surface area contributed by atoms with Gasteiger partial charge in [0.05, 0.1) is 28.4 Å². The Bertz CT molecular complexity index is 2500. The van der Waals surface area contributed by atoms with Crippen LogP contribution >= 0.6 is 34.5 Å². The van der Waals surface area contributed by atoms with Crippen molar-refractivity contribution in [3.8, 4) is 22.3 Å². The number of aliphatic imine (C=N–C) groups is 1. The highest BCUT2D eigenvalue weighted by molar-refractivity contribution is 7.15. The zero-order chi connectivity index (χ0) is 40.6. The number of hydrogen-bond acceptors (Lipinski definition) is 9. The number of aromatic nitrogens is 6. The maximum absolute atomic E-state index is 13.4. The summed E-state index contributed by atoms with van der Waals surface area (Å²) in [4.78, 5) is 35.0. The van der Waals surface area contributed by atoms with Crippen molar-refractivity contribution in [3.63, 3.8) is 0 Å². The van der Waals surface area contributed by atoms with Gasteiger partial charge in [-0.25, -0.2) is 4.98 Å². The first-order valence-corrected chi connectivity index (χ1v) is 22.4. The number of unbranched alkanes of at least 4 members (excludes halogenated alkanes) is 2. The van der Waals surface area contributed by atoms with E-state index in [0.29, 0.717) is 40.0 Å². The molecular weight excluding hydrogens is 802 g/mol. The highest BCUT2D eigenvalue weighted by Crippen LogP contribution is 2.40. The lowest BCUT2D eigenvalue weighted by Gasteiger charge is -2.32. The fourth-order valence-electron chi connectivity index (χ4n) is 8.45. The molecule has 59 heavy (non-hydrogen) atoms. The molecule has 1 amide bonds. The van der Waals surface area contributed by atoms with Crippen LogP contribution in [-0.2, 0) is 4.79 Å². The molecule has 2 fully saturated rings. The number of piperidine rings is 1. The molecule has 6 heterocycles. The number of aromatic amines is 1. The minimum absolute atomic E-state index is 0.0316. The van der Waals surface area contributed by atoms with Gasteiger partial charge in [0.1, 0.15) is 23.0 Å². The Morgan fingerprint density at radius 1 is 0.932 bits per heavy atom. The molecule has 2 aromatic carbocycles. The zero-order valence-corrected chi connectivity index (χ0v) is 36.1. The Labute approximate surface area is 358 Å². The van der Waals surface area contributed by atoms with Gasteiger partial charge < -0.3 is 19.9 Å². The number of H-pyrrole nitrogens is 1. The van der Waals surface area contributed by atoms with Crippen LogP contribution in [-0.4, -0.2) is 78.5 Å². The number of likely N-dealkylation sites (tertiary alicyclic amines) is 1. The summed E-state index contributed by atoms with van der Waals surface area (Å²) in [6, 6.07) is 18.4. The van der Waals surface area contributed by atoms with Crippen molar-refractivity contribution >= 4 is 57.3 Å². The topological polar surface area (TPSA) is 126 Å². The second-order valence-electron chi connectivity index (χ2n) is 16.2. The van der Waals surface area contributed by atoms with Gasteiger partial charge >= 0.3 is 0 Å². The third-order valence-electron chi connectivity index (χ3n) is 12.2. The average molecular weight is 851 g/mol. The van der Waals surface area contributed by atoms with Crippen molar-refractivity contribution in [1.29, 1.82) is 0 Å². The van der Waals surface area contributed by atoms with Crippen LogP contribution in [0.4, 0.5) is 0 Å². The Balaban J connectivity index is 0.736. The fraction of sp³-hybridized carbons (Fsp3) is 0.422. The first kappa shape index (κ1) is 39.8. The minimum atomic E-state index is -0.472. The zero-order valence-electron chi connectivity index (χ0n) is 33.7. The van der Waals surface area contributed by atoms with Gasteiger partial charge in [-0.05, 0) is 121 Å². The van der Waals surface area contributed by atoms with Crippen molar-refractivity contribution in [3.05, 3.63) is 103 Å². The summed E-state index contributed by atoms with van der Waals surface area (Å²) in [5, 5.41) is 14.4. The summed E-state index contributed by atoms with van der Waals surface area (Å²) >= 11 is 14.7. The van der Waals surface area contributed by atoms with Crippen LogP contribution in [0.2, 0.25) is 10.0 Å². The summed E-state index contributed by atoms with van der Waals surface area (Å²) in [5.74, 6) is 1.98. The van der Waals surface area contributed by atoms with E-state index >= 15 is 0 Å². The lowest BCUT2D eigenvalue weighted by Crippen LogP contribution is -2.33. The number of ether oxygens (including phenoxy) is 1. The third kappa shape index (κ3) is 8.42. The summed E-state index contributed by atoms with van der Waals surface area (Å²) in [7, 11) is 0. The van der Waals surface area contributed by atoms with Crippen LogP contribution in [0.15, 0.2) is 59.6 Å². The molecule has 1 saturated heterocycles. The first-order chi connectivity index (χ1) is 28.7. The molecule has 0 radical (unpaired) electrons. The standard InChI is InChI=1S/C45H49Cl2N9O2S/c1-26-27(2)59-44-39(26)41(32-14-16-33(46)17-15-32)49-37(43-54-53-28(3)56(43)44)25-38(57)48-20-5-4-6-21-55-22-18-30(19-23-55)29-10-12-31(13-11-29)40-35(47)24-36-42(51-40)52-45(50-36)58-34-8-7-9-34/h10-17,24,30,34,37H,4-9,18-23,25H2,1-3H3,(H,48,57)(H,50,51,52)/t37-/m0/s1. The number of imidazole rings is 1. The smallest absolute Gasteiger partial charge is 0.296 e. The summed E-state index contributed by atoms with van der Waals surface area (Å²) < 4.78 is 8.02. The van der Waals surface area contributed by atoms with Gasteiger partial charge in [0.25, 0.3) is 6.01 Å². The molecule has 4 aromatic heterocycles. The number of nitrogens with zero attached hydrogens (tertiary/aromatic N) is 7. The van der Waals surface area contributed by atoms with Crippen LogP contribution in [0.1, 0.15) is 109 Å². The van der Waals surface area contributed by atoms with Crippen molar-refractivity contribution in [2.45, 2.75) is 96.6 Å². The molecule has 1 aliphatic carbocycles. The highest BCUT2D eigenvalue weighted by Gasteiger charge is 2.32. The van der Waals surface area contributed by atoms with Crippen LogP contribution in [0, 0.1) is 20.8 Å². The normalized spacial score (nSPS) is 17.3. The average Bonchev–Trinajstić information content (AvgIpc) is 3.87. The lowest BCUT2D eigenvalue weighted by atomic mass is 9.88. The monoisotopic (exact) mass is 849 g/mol. The van der Waals surface area contributed by atoms with Gasteiger partial charge in [-0.1, -0.05) is 66.0 Å². The van der Waals surface area contributed by atoms with Crippen molar-refractivity contribution < 1.29 is 9.53 Å². The number of benzene rings is 2. The molecule has 14 heteroatoms. The van der Waals surface area contributed by atoms with Crippen molar-refractivity contribution in [1.82, 2.24) is 39.9 Å². The van der Waals surface area contributed by atoms with E-state index in [2.05, 4.69) is 73.1 Å². The number of pyridine rings is 1. The van der Waals surface area contributed by atoms with Crippen LogP contribution in [0.25, 0.3) is 27.4 Å². The number of hydrogen-bond donors (Lipinski definition) is 2. The Kier molecular flexibility index (Phi) is 11.6. The molecule has 1 saturated carbocycles. The van der Waals surface area contributed by atoms with Crippen LogP contribution < -0.4 is 10.1 Å². The van der Waals surface area contributed by atoms with E-state index in [1.807, 2.05) is 37.3 Å². The number of rotatable bonds is 13. The molecule has 2 N–H and O–H groups in total. The largest absolute Gasteiger partial charge is 0.461 e. The molecule has 0 unspecified atom stereocenters. The van der Waals surface area contributed by atoms with Crippen LogP contribution in [0.5, 0.6) is 6.01 Å². The first-order valence-electron chi connectivity index (χ1n) is 20.9. The molecule has 6 aromatic rings. The van der Waals surface area contributed by atoms with E-state index < -0.39 is 6.04 Å². The Morgan fingerprint density at radius 3 is 2.44 bits per heavy atom. The molecule has 11 nitrogen and oxygen atoms in total. The second kappa shape index (κ2) is 17.2. The van der Waals surface area contributed by atoms with Gasteiger partial charge in [-0.15, -0.1) is 21.5 Å². The van der Waals surface area contributed by atoms with E-state index in [4.69, 9.17) is 37.9 Å². The Hall–Kier alpha value is -4.62. The second-order valence-corrected chi connectivity index (χ2v) is 18.2. The molecule has 306 valence electrons. The maximum Gasteiger partial charge on any atom is 0.296 e. The predicted molar refractivity (Wildman–Crippen MR) is 236 cm³/mol. The number of thiophene rings is 1. The number of nitrogens with one attached hydrogen (secondary N) is 2. The summed E-state index contributed by atoms with van der Waals surface area (Å²) in [6.45, 7) is 10.1. The van der Waals surface area contributed by atoms with Gasteiger partial charge in [0, 0.05) is 33.1 Å².